The molecule has 0 radical (unpaired) electrons. The van der Waals surface area contributed by atoms with Crippen LogP contribution >= 0.6 is 24.0 Å². The second kappa shape index (κ2) is 10.0. The minimum Gasteiger partial charge on any atom is -0.378 e. The number of benzene rings is 1. The number of hydrogen-bond donors (Lipinski definition) is 2. The Bertz CT molecular complexity index is 485. The van der Waals surface area contributed by atoms with Crippen molar-refractivity contribution in [2.45, 2.75) is 52.1 Å². The highest BCUT2D eigenvalue weighted by Gasteiger charge is 2.14. The fourth-order valence-electron chi connectivity index (χ4n) is 2.58. The summed E-state index contributed by atoms with van der Waals surface area (Å²) in [5.41, 5.74) is 9.41. The molecule has 124 valence electrons. The van der Waals surface area contributed by atoms with Gasteiger partial charge in [-0.15, -0.1) is 24.0 Å². The van der Waals surface area contributed by atoms with Crippen molar-refractivity contribution in [3.05, 3.63) is 29.3 Å². The average molecular weight is 417 g/mol. The van der Waals surface area contributed by atoms with Crippen molar-refractivity contribution < 1.29 is 4.74 Å². The van der Waals surface area contributed by atoms with Crippen LogP contribution in [-0.4, -0.2) is 25.2 Å². The summed E-state index contributed by atoms with van der Waals surface area (Å²) in [6.45, 7) is 5.68. The maximum Gasteiger partial charge on any atom is 0.193 e. The molecule has 1 saturated carbocycles. The Morgan fingerprint density at radius 2 is 2.00 bits per heavy atom. The van der Waals surface area contributed by atoms with E-state index in [0.29, 0.717) is 18.6 Å². The number of anilines is 1. The van der Waals surface area contributed by atoms with Crippen molar-refractivity contribution in [2.75, 3.05) is 18.5 Å². The Balaban J connectivity index is 0.00000242. The van der Waals surface area contributed by atoms with Gasteiger partial charge in [-0.3, -0.25) is 4.99 Å². The van der Waals surface area contributed by atoms with Gasteiger partial charge in [-0.1, -0.05) is 18.9 Å². The van der Waals surface area contributed by atoms with Gasteiger partial charge >= 0.3 is 0 Å². The summed E-state index contributed by atoms with van der Waals surface area (Å²) in [6, 6.07) is 6.19. The summed E-state index contributed by atoms with van der Waals surface area (Å²) < 4.78 is 5.80. The van der Waals surface area contributed by atoms with Crippen LogP contribution in [0.1, 0.15) is 43.2 Å². The van der Waals surface area contributed by atoms with Gasteiger partial charge in [0.15, 0.2) is 5.96 Å². The standard InChI is InChI=1S/C17H27N3O.HI/c1-13-8-9-15(12-14(13)2)20-17(18)19-10-5-11-21-16-6-3-4-7-16;/h8-9,12,16H,3-7,10-11H2,1-2H3,(H3,18,19,20);1H. The van der Waals surface area contributed by atoms with E-state index in [-0.39, 0.29) is 24.0 Å². The second-order valence-electron chi connectivity index (χ2n) is 5.82. The Hall–Kier alpha value is -0.820. The molecule has 1 aliphatic rings. The van der Waals surface area contributed by atoms with Crippen molar-refractivity contribution in [2.24, 2.45) is 10.7 Å². The van der Waals surface area contributed by atoms with E-state index in [0.717, 1.165) is 18.7 Å². The van der Waals surface area contributed by atoms with E-state index >= 15 is 0 Å². The third kappa shape index (κ3) is 6.52. The van der Waals surface area contributed by atoms with Crippen LogP contribution in [0, 0.1) is 13.8 Å². The first-order chi connectivity index (χ1) is 10.1. The van der Waals surface area contributed by atoms with E-state index < -0.39 is 0 Å². The number of nitrogens with one attached hydrogen (secondary N) is 1. The van der Waals surface area contributed by atoms with Crippen molar-refractivity contribution >= 4 is 35.6 Å². The van der Waals surface area contributed by atoms with Crippen LogP contribution in [0.5, 0.6) is 0 Å². The Morgan fingerprint density at radius 1 is 1.27 bits per heavy atom. The molecule has 0 amide bonds. The van der Waals surface area contributed by atoms with Crippen LogP contribution in [-0.2, 0) is 4.74 Å². The van der Waals surface area contributed by atoms with Gasteiger partial charge in [0.25, 0.3) is 0 Å². The molecule has 4 nitrogen and oxygen atoms in total. The lowest BCUT2D eigenvalue weighted by molar-refractivity contribution is 0.0579. The quantitative estimate of drug-likeness (QED) is 0.319. The number of nitrogens with two attached hydrogens (primary N) is 1. The lowest BCUT2D eigenvalue weighted by Gasteiger charge is -2.10. The van der Waals surface area contributed by atoms with Crippen molar-refractivity contribution in [1.29, 1.82) is 0 Å². The first-order valence-corrected chi connectivity index (χ1v) is 7.91. The van der Waals surface area contributed by atoms with E-state index in [1.165, 1.54) is 36.8 Å². The highest BCUT2D eigenvalue weighted by molar-refractivity contribution is 14.0. The summed E-state index contributed by atoms with van der Waals surface area (Å²) in [6.07, 6.45) is 6.48. The second-order valence-corrected chi connectivity index (χ2v) is 5.82. The third-order valence-corrected chi connectivity index (χ3v) is 4.02. The zero-order valence-corrected chi connectivity index (χ0v) is 15.9. The Morgan fingerprint density at radius 3 is 2.68 bits per heavy atom. The molecule has 0 heterocycles. The number of guanidine groups is 1. The third-order valence-electron chi connectivity index (χ3n) is 4.02. The SMILES string of the molecule is Cc1ccc(NC(N)=NCCCOC2CCCC2)cc1C.I. The van der Waals surface area contributed by atoms with E-state index in [2.05, 4.69) is 36.3 Å². The topological polar surface area (TPSA) is 59.6 Å². The number of hydrogen-bond acceptors (Lipinski definition) is 2. The van der Waals surface area contributed by atoms with Crippen molar-refractivity contribution in [1.82, 2.24) is 0 Å². The monoisotopic (exact) mass is 417 g/mol. The molecule has 5 heteroatoms. The molecule has 0 bridgehead atoms. The van der Waals surface area contributed by atoms with Crippen LogP contribution in [0.15, 0.2) is 23.2 Å². The maximum absolute atomic E-state index is 5.90. The molecule has 0 saturated heterocycles. The predicted octanol–water partition coefficient (Wildman–Crippen LogP) is 4.00. The molecule has 0 aromatic heterocycles. The zero-order valence-electron chi connectivity index (χ0n) is 13.6. The highest BCUT2D eigenvalue weighted by atomic mass is 127. The molecule has 1 aromatic rings. The van der Waals surface area contributed by atoms with Gasteiger partial charge < -0.3 is 15.8 Å². The Kier molecular flexibility index (Phi) is 8.78. The summed E-state index contributed by atoms with van der Waals surface area (Å²) in [7, 11) is 0. The van der Waals surface area contributed by atoms with Crippen LogP contribution in [0.2, 0.25) is 0 Å². The number of ether oxygens (including phenoxy) is 1. The molecule has 3 N–H and O–H groups in total. The van der Waals surface area contributed by atoms with E-state index in [1.807, 2.05) is 6.07 Å². The summed E-state index contributed by atoms with van der Waals surface area (Å²) in [5, 5.41) is 3.13. The minimum atomic E-state index is 0. The zero-order chi connectivity index (χ0) is 15.1. The van der Waals surface area contributed by atoms with Gasteiger partial charge in [0.1, 0.15) is 0 Å². The first kappa shape index (κ1) is 19.2. The molecule has 1 aromatic carbocycles. The number of rotatable bonds is 6. The largest absolute Gasteiger partial charge is 0.378 e. The molecule has 0 spiro atoms. The maximum atomic E-state index is 5.90. The molecule has 0 aliphatic heterocycles. The van der Waals surface area contributed by atoms with Gasteiger partial charge in [0, 0.05) is 18.8 Å². The smallest absolute Gasteiger partial charge is 0.193 e. The highest BCUT2D eigenvalue weighted by Crippen LogP contribution is 2.20. The van der Waals surface area contributed by atoms with E-state index in [9.17, 15) is 0 Å². The molecule has 22 heavy (non-hydrogen) atoms. The van der Waals surface area contributed by atoms with Crippen LogP contribution < -0.4 is 11.1 Å². The molecule has 0 atom stereocenters. The molecule has 2 rings (SSSR count). The molecular formula is C17H28IN3O. The molecular weight excluding hydrogens is 389 g/mol. The van der Waals surface area contributed by atoms with Crippen molar-refractivity contribution in [3.63, 3.8) is 0 Å². The predicted molar refractivity (Wildman–Crippen MR) is 104 cm³/mol. The lowest BCUT2D eigenvalue weighted by Crippen LogP contribution is -2.23. The molecule has 0 unspecified atom stereocenters. The van der Waals surface area contributed by atoms with Crippen LogP contribution in [0.4, 0.5) is 5.69 Å². The van der Waals surface area contributed by atoms with E-state index in [1.54, 1.807) is 0 Å². The number of aliphatic imine (C=N–C) groups is 1. The normalized spacial score (nSPS) is 15.6. The van der Waals surface area contributed by atoms with Gasteiger partial charge in [-0.25, -0.2) is 0 Å². The summed E-state index contributed by atoms with van der Waals surface area (Å²) >= 11 is 0. The van der Waals surface area contributed by atoms with Gasteiger partial charge in [0.05, 0.1) is 6.10 Å². The summed E-state index contributed by atoms with van der Waals surface area (Å²) in [5.74, 6) is 0.471. The fourth-order valence-corrected chi connectivity index (χ4v) is 2.58. The molecule has 1 fully saturated rings. The van der Waals surface area contributed by atoms with Gasteiger partial charge in [0.2, 0.25) is 0 Å². The lowest BCUT2D eigenvalue weighted by atomic mass is 10.1. The Labute approximate surface area is 150 Å². The summed E-state index contributed by atoms with van der Waals surface area (Å²) in [4.78, 5) is 4.34. The molecule has 1 aliphatic carbocycles. The van der Waals surface area contributed by atoms with Crippen LogP contribution in [0.25, 0.3) is 0 Å². The fraction of sp³-hybridized carbons (Fsp3) is 0.588. The average Bonchev–Trinajstić information content (AvgIpc) is 2.96. The van der Waals surface area contributed by atoms with Gasteiger partial charge in [-0.2, -0.15) is 0 Å². The van der Waals surface area contributed by atoms with E-state index in [4.69, 9.17) is 10.5 Å². The first-order valence-electron chi connectivity index (χ1n) is 7.91. The van der Waals surface area contributed by atoms with Crippen LogP contribution in [0.3, 0.4) is 0 Å². The minimum absolute atomic E-state index is 0. The number of aryl methyl sites for hydroxylation is 2. The van der Waals surface area contributed by atoms with Gasteiger partial charge in [-0.05, 0) is 56.4 Å². The van der Waals surface area contributed by atoms with Crippen molar-refractivity contribution in [3.8, 4) is 0 Å². The number of halogens is 1. The number of nitrogens with zero attached hydrogens (tertiary/aromatic N) is 1.